The molecule has 2 unspecified atom stereocenters. The van der Waals surface area contributed by atoms with E-state index in [1.807, 2.05) is 17.9 Å². The quantitative estimate of drug-likeness (QED) is 0.928. The average Bonchev–Trinajstić information content (AvgIpc) is 2.93. The molecule has 1 aliphatic rings. The molecule has 0 aliphatic heterocycles. The van der Waals surface area contributed by atoms with Gasteiger partial charge in [-0.15, -0.1) is 0 Å². The van der Waals surface area contributed by atoms with E-state index < -0.39 is 0 Å². The highest BCUT2D eigenvalue weighted by atomic mass is 79.9. The predicted octanol–water partition coefficient (Wildman–Crippen LogP) is 2.32. The lowest BCUT2D eigenvalue weighted by atomic mass is 9.86. The highest BCUT2D eigenvalue weighted by molar-refractivity contribution is 9.10. The molecule has 0 radical (unpaired) electrons. The molecule has 1 aromatic heterocycles. The number of aromatic nitrogens is 2. The van der Waals surface area contributed by atoms with Gasteiger partial charge in [0.2, 0.25) is 0 Å². The highest BCUT2D eigenvalue weighted by Crippen LogP contribution is 2.37. The zero-order chi connectivity index (χ0) is 12.3. The normalized spacial score (nSPS) is 28.2. The fraction of sp³-hybridized carbons (Fsp3) is 0.667. The van der Waals surface area contributed by atoms with Crippen LogP contribution in [0, 0.1) is 17.2 Å². The first-order chi connectivity index (χ1) is 8.20. The van der Waals surface area contributed by atoms with Crippen molar-refractivity contribution >= 4 is 15.9 Å². The summed E-state index contributed by atoms with van der Waals surface area (Å²) in [4.78, 5) is 0. The topological polar surface area (TPSA) is 53.6 Å². The van der Waals surface area contributed by atoms with Gasteiger partial charge >= 0.3 is 0 Å². The Labute approximate surface area is 110 Å². The van der Waals surface area contributed by atoms with E-state index in [2.05, 4.69) is 32.4 Å². The Kier molecular flexibility index (Phi) is 3.85. The number of hydrogen-bond donors (Lipinski definition) is 1. The van der Waals surface area contributed by atoms with Gasteiger partial charge in [-0.2, -0.15) is 10.4 Å². The van der Waals surface area contributed by atoms with Crippen LogP contribution in [-0.2, 0) is 6.54 Å². The number of hydrogen-bond acceptors (Lipinski definition) is 3. The Morgan fingerprint density at radius 3 is 3.18 bits per heavy atom. The fourth-order valence-electron chi connectivity index (χ4n) is 2.75. The van der Waals surface area contributed by atoms with E-state index >= 15 is 0 Å². The van der Waals surface area contributed by atoms with Crippen LogP contribution in [0.25, 0.3) is 0 Å². The summed E-state index contributed by atoms with van der Waals surface area (Å²) in [5.41, 5.74) is -0.315. The van der Waals surface area contributed by atoms with Crippen LogP contribution in [0.1, 0.15) is 25.7 Å². The molecular weight excluding hydrogens is 280 g/mol. The summed E-state index contributed by atoms with van der Waals surface area (Å²) in [6.45, 7) is 0.876. The summed E-state index contributed by atoms with van der Waals surface area (Å²) in [5.74, 6) is 0.431. The van der Waals surface area contributed by atoms with Crippen molar-refractivity contribution in [2.45, 2.75) is 37.8 Å². The monoisotopic (exact) mass is 296 g/mol. The van der Waals surface area contributed by atoms with Crippen molar-refractivity contribution in [3.8, 4) is 6.07 Å². The maximum Gasteiger partial charge on any atom is 0.109 e. The Morgan fingerprint density at radius 2 is 2.59 bits per heavy atom. The summed E-state index contributed by atoms with van der Waals surface area (Å²) in [5, 5.41) is 16.8. The molecule has 1 N–H and O–H groups in total. The van der Waals surface area contributed by atoms with Crippen molar-refractivity contribution in [2.24, 2.45) is 5.92 Å². The summed E-state index contributed by atoms with van der Waals surface area (Å²) in [6, 6.07) is 2.47. The Hall–Kier alpha value is -0.860. The third-order valence-corrected chi connectivity index (χ3v) is 4.18. The molecule has 1 aromatic rings. The third-order valence-electron chi connectivity index (χ3n) is 3.77. The van der Waals surface area contributed by atoms with Crippen LogP contribution in [0.5, 0.6) is 0 Å². The number of aryl methyl sites for hydroxylation is 1. The van der Waals surface area contributed by atoms with Gasteiger partial charge in [0.25, 0.3) is 0 Å². The smallest absolute Gasteiger partial charge is 0.109 e. The van der Waals surface area contributed by atoms with E-state index in [0.29, 0.717) is 5.92 Å². The number of nitriles is 1. The van der Waals surface area contributed by atoms with Crippen molar-refractivity contribution in [3.05, 3.63) is 16.9 Å². The maximum atomic E-state index is 9.35. The second kappa shape index (κ2) is 5.19. The fourth-order valence-corrected chi connectivity index (χ4v) is 3.08. The zero-order valence-corrected chi connectivity index (χ0v) is 11.6. The minimum absolute atomic E-state index is 0.315. The molecular formula is C12H17BrN4. The molecule has 1 heterocycles. The molecule has 0 saturated heterocycles. The van der Waals surface area contributed by atoms with Crippen molar-refractivity contribution in [2.75, 3.05) is 7.05 Å². The van der Waals surface area contributed by atoms with E-state index in [-0.39, 0.29) is 5.54 Å². The van der Waals surface area contributed by atoms with Crippen LogP contribution in [-0.4, -0.2) is 22.4 Å². The molecule has 2 atom stereocenters. The standard InChI is InChI=1S/C12H17BrN4/c1-15-12(9-14)5-2-3-10(12)4-6-17-8-11(13)7-16-17/h7-8,10,15H,2-6H2,1H3. The van der Waals surface area contributed by atoms with Gasteiger partial charge in [-0.25, -0.2) is 0 Å². The zero-order valence-electron chi connectivity index (χ0n) is 9.99. The minimum Gasteiger partial charge on any atom is -0.302 e. The molecule has 2 rings (SSSR count). The van der Waals surface area contributed by atoms with Crippen LogP contribution < -0.4 is 5.32 Å². The molecule has 1 aliphatic carbocycles. The first-order valence-corrected chi connectivity index (χ1v) is 6.77. The first kappa shape index (κ1) is 12.6. The largest absolute Gasteiger partial charge is 0.302 e. The number of halogens is 1. The van der Waals surface area contributed by atoms with E-state index in [4.69, 9.17) is 0 Å². The van der Waals surface area contributed by atoms with Crippen LogP contribution >= 0.6 is 15.9 Å². The van der Waals surface area contributed by atoms with Crippen LogP contribution in [0.3, 0.4) is 0 Å². The summed E-state index contributed by atoms with van der Waals surface area (Å²) in [7, 11) is 1.89. The Balaban J connectivity index is 1.97. The minimum atomic E-state index is -0.315. The van der Waals surface area contributed by atoms with Gasteiger partial charge in [-0.3, -0.25) is 4.68 Å². The SMILES string of the molecule is CNC1(C#N)CCCC1CCn1cc(Br)cn1. The summed E-state index contributed by atoms with van der Waals surface area (Å²) < 4.78 is 2.93. The molecule has 0 aromatic carbocycles. The van der Waals surface area contributed by atoms with E-state index in [9.17, 15) is 5.26 Å². The average molecular weight is 297 g/mol. The lowest BCUT2D eigenvalue weighted by molar-refractivity contribution is 0.303. The van der Waals surface area contributed by atoms with Gasteiger partial charge in [0.15, 0.2) is 0 Å². The molecule has 0 amide bonds. The second-order valence-electron chi connectivity index (χ2n) is 4.63. The van der Waals surface area contributed by atoms with Gasteiger partial charge in [0.1, 0.15) is 5.54 Å². The van der Waals surface area contributed by atoms with E-state index in [1.54, 1.807) is 6.20 Å². The molecule has 1 saturated carbocycles. The number of nitrogens with zero attached hydrogens (tertiary/aromatic N) is 3. The van der Waals surface area contributed by atoms with Gasteiger partial charge in [0.05, 0.1) is 16.7 Å². The predicted molar refractivity (Wildman–Crippen MR) is 69.3 cm³/mol. The number of rotatable bonds is 4. The van der Waals surface area contributed by atoms with Gasteiger partial charge in [0, 0.05) is 12.7 Å². The lowest BCUT2D eigenvalue weighted by Crippen LogP contribution is -2.45. The van der Waals surface area contributed by atoms with E-state index in [1.165, 1.54) is 0 Å². The van der Waals surface area contributed by atoms with Gasteiger partial charge < -0.3 is 5.32 Å². The van der Waals surface area contributed by atoms with Crippen LogP contribution in [0.4, 0.5) is 0 Å². The highest BCUT2D eigenvalue weighted by Gasteiger charge is 2.41. The van der Waals surface area contributed by atoms with Crippen LogP contribution in [0.15, 0.2) is 16.9 Å². The molecule has 92 valence electrons. The summed E-state index contributed by atoms with van der Waals surface area (Å²) >= 11 is 3.39. The second-order valence-corrected chi connectivity index (χ2v) is 5.55. The first-order valence-electron chi connectivity index (χ1n) is 5.98. The van der Waals surface area contributed by atoms with E-state index in [0.717, 1.165) is 36.7 Å². The molecule has 5 heteroatoms. The maximum absolute atomic E-state index is 9.35. The Morgan fingerprint density at radius 1 is 1.76 bits per heavy atom. The van der Waals surface area contributed by atoms with Gasteiger partial charge in [-0.05, 0) is 48.2 Å². The molecule has 17 heavy (non-hydrogen) atoms. The van der Waals surface area contributed by atoms with Crippen molar-refractivity contribution in [1.82, 2.24) is 15.1 Å². The molecule has 0 spiro atoms. The van der Waals surface area contributed by atoms with Gasteiger partial charge in [-0.1, -0.05) is 6.42 Å². The van der Waals surface area contributed by atoms with Crippen molar-refractivity contribution in [1.29, 1.82) is 5.26 Å². The molecule has 1 fully saturated rings. The molecule has 4 nitrogen and oxygen atoms in total. The lowest BCUT2D eigenvalue weighted by Gasteiger charge is -2.28. The third kappa shape index (κ3) is 2.53. The summed E-state index contributed by atoms with van der Waals surface area (Å²) in [6.07, 6.45) is 8.02. The number of nitrogens with one attached hydrogen (secondary N) is 1. The Bertz CT molecular complexity index is 422. The van der Waals surface area contributed by atoms with Crippen molar-refractivity contribution in [3.63, 3.8) is 0 Å². The van der Waals surface area contributed by atoms with Crippen LogP contribution in [0.2, 0.25) is 0 Å². The van der Waals surface area contributed by atoms with Crippen molar-refractivity contribution < 1.29 is 0 Å². The molecule has 0 bridgehead atoms.